The van der Waals surface area contributed by atoms with E-state index < -0.39 is 0 Å². The molecule has 0 bridgehead atoms. The maximum atomic E-state index is 13.6. The van der Waals surface area contributed by atoms with Gasteiger partial charge in [-0.1, -0.05) is 0 Å². The molecule has 1 aromatic rings. The lowest BCUT2D eigenvalue weighted by Crippen LogP contribution is -2.32. The van der Waals surface area contributed by atoms with Crippen LogP contribution in [0.1, 0.15) is 44.9 Å². The fourth-order valence-corrected chi connectivity index (χ4v) is 2.11. The number of hydrogen-bond acceptors (Lipinski definition) is 2. The fraction of sp³-hybridized carbons (Fsp3) is 0.571. The molecule has 17 heavy (non-hydrogen) atoms. The van der Waals surface area contributed by atoms with Crippen LogP contribution in [0, 0.1) is 12.7 Å². The minimum Gasteiger partial charge on any atom is -0.369 e. The lowest BCUT2D eigenvalue weighted by Gasteiger charge is -2.31. The van der Waals surface area contributed by atoms with Crippen LogP contribution in [-0.4, -0.2) is 12.6 Å². The molecule has 2 nitrogen and oxygen atoms in total. The number of aryl methyl sites for hydroxylation is 1. The molecule has 0 aliphatic rings. The number of rotatable bonds is 4. The zero-order chi connectivity index (χ0) is 13.2. The van der Waals surface area contributed by atoms with Gasteiger partial charge in [0.25, 0.3) is 0 Å². The smallest absolute Gasteiger partial charge is 0.126 e. The van der Waals surface area contributed by atoms with E-state index in [-0.39, 0.29) is 11.9 Å². The monoisotopic (exact) mass is 238 g/mol. The number of nitrogens with zero attached hydrogens (tertiary/aromatic N) is 1. The minimum absolute atomic E-state index is 0.159. The van der Waals surface area contributed by atoms with Crippen LogP contribution >= 0.6 is 0 Å². The van der Waals surface area contributed by atoms with Crippen molar-refractivity contribution in [2.75, 3.05) is 11.4 Å². The lowest BCUT2D eigenvalue weighted by atomic mass is 10.0. The molecule has 2 N–H and O–H groups in total. The summed E-state index contributed by atoms with van der Waals surface area (Å²) < 4.78 is 13.6. The Hall–Kier alpha value is -1.09. The average Bonchev–Trinajstić information content (AvgIpc) is 2.22. The van der Waals surface area contributed by atoms with Crippen LogP contribution in [0.2, 0.25) is 0 Å². The van der Waals surface area contributed by atoms with E-state index in [1.807, 2.05) is 13.0 Å². The van der Waals surface area contributed by atoms with Crippen molar-refractivity contribution in [2.45, 2.75) is 46.7 Å². The van der Waals surface area contributed by atoms with Gasteiger partial charge < -0.3 is 10.6 Å². The van der Waals surface area contributed by atoms with Crippen molar-refractivity contribution in [1.82, 2.24) is 0 Å². The maximum Gasteiger partial charge on any atom is 0.126 e. The summed E-state index contributed by atoms with van der Waals surface area (Å²) in [5, 5.41) is 0. The Kier molecular flexibility index (Phi) is 4.52. The van der Waals surface area contributed by atoms with E-state index in [9.17, 15) is 4.39 Å². The van der Waals surface area contributed by atoms with Crippen LogP contribution in [0.3, 0.4) is 0 Å². The largest absolute Gasteiger partial charge is 0.369 e. The van der Waals surface area contributed by atoms with Gasteiger partial charge in [0.2, 0.25) is 0 Å². The Morgan fingerprint density at radius 2 is 1.88 bits per heavy atom. The number of anilines is 1. The molecule has 0 aromatic heterocycles. The van der Waals surface area contributed by atoms with Gasteiger partial charge in [-0.2, -0.15) is 0 Å². The van der Waals surface area contributed by atoms with Gasteiger partial charge in [0, 0.05) is 24.3 Å². The first-order valence-corrected chi connectivity index (χ1v) is 6.20. The van der Waals surface area contributed by atoms with Crippen molar-refractivity contribution in [1.29, 1.82) is 0 Å². The lowest BCUT2D eigenvalue weighted by molar-refractivity contribution is 0.610. The van der Waals surface area contributed by atoms with Crippen LogP contribution in [0.15, 0.2) is 12.1 Å². The molecule has 1 atom stereocenters. The molecule has 0 unspecified atom stereocenters. The molecular formula is C14H23FN2. The normalized spacial score (nSPS) is 12.9. The molecule has 1 aromatic carbocycles. The van der Waals surface area contributed by atoms with Crippen molar-refractivity contribution < 1.29 is 4.39 Å². The van der Waals surface area contributed by atoms with Crippen LogP contribution in [0.5, 0.6) is 0 Å². The predicted molar refractivity (Wildman–Crippen MR) is 71.9 cm³/mol. The van der Waals surface area contributed by atoms with Crippen molar-refractivity contribution >= 4 is 5.69 Å². The van der Waals surface area contributed by atoms with E-state index in [0.717, 1.165) is 17.8 Å². The topological polar surface area (TPSA) is 29.3 Å². The van der Waals surface area contributed by atoms with Crippen molar-refractivity contribution in [3.05, 3.63) is 29.1 Å². The van der Waals surface area contributed by atoms with Gasteiger partial charge >= 0.3 is 0 Å². The minimum atomic E-state index is -0.180. The molecule has 0 spiro atoms. The van der Waals surface area contributed by atoms with Crippen LogP contribution in [0.25, 0.3) is 0 Å². The van der Waals surface area contributed by atoms with Crippen molar-refractivity contribution in [2.24, 2.45) is 5.73 Å². The molecule has 1 rings (SSSR count). The molecule has 0 saturated heterocycles. The molecule has 0 heterocycles. The van der Waals surface area contributed by atoms with Crippen LogP contribution in [0.4, 0.5) is 10.1 Å². The highest BCUT2D eigenvalue weighted by Gasteiger charge is 2.17. The summed E-state index contributed by atoms with van der Waals surface area (Å²) in [6.07, 6.45) is 0. The van der Waals surface area contributed by atoms with E-state index in [4.69, 9.17) is 5.73 Å². The second-order valence-electron chi connectivity index (χ2n) is 4.83. The Balaban J connectivity index is 3.33. The van der Waals surface area contributed by atoms with Gasteiger partial charge in [-0.3, -0.25) is 0 Å². The first-order chi connectivity index (χ1) is 7.88. The molecule has 0 saturated carbocycles. The van der Waals surface area contributed by atoms with Gasteiger partial charge in [-0.05, 0) is 57.9 Å². The molecule has 0 fully saturated rings. The van der Waals surface area contributed by atoms with Gasteiger partial charge in [-0.15, -0.1) is 0 Å². The van der Waals surface area contributed by atoms with E-state index >= 15 is 0 Å². The quantitative estimate of drug-likeness (QED) is 0.871. The van der Waals surface area contributed by atoms with Gasteiger partial charge in [-0.25, -0.2) is 4.39 Å². The highest BCUT2D eigenvalue weighted by Crippen LogP contribution is 2.29. The third kappa shape index (κ3) is 2.97. The third-order valence-corrected chi connectivity index (χ3v) is 3.07. The zero-order valence-electron chi connectivity index (χ0n) is 11.4. The first-order valence-electron chi connectivity index (χ1n) is 6.20. The Labute approximate surface area is 104 Å². The molecule has 0 radical (unpaired) electrons. The summed E-state index contributed by atoms with van der Waals surface area (Å²) >= 11 is 0. The summed E-state index contributed by atoms with van der Waals surface area (Å²) in [5.74, 6) is -0.180. The van der Waals surface area contributed by atoms with E-state index in [1.54, 1.807) is 13.0 Å². The predicted octanol–water partition coefficient (Wildman–Crippen LogP) is 3.39. The molecule has 3 heteroatoms. The van der Waals surface area contributed by atoms with E-state index in [2.05, 4.69) is 25.7 Å². The summed E-state index contributed by atoms with van der Waals surface area (Å²) in [4.78, 5) is 2.24. The van der Waals surface area contributed by atoms with E-state index in [1.165, 1.54) is 0 Å². The SMILES string of the molecule is CCN(c1cc(C)c(F)cc1[C@H](C)N)C(C)C. The van der Waals surface area contributed by atoms with Crippen molar-refractivity contribution in [3.8, 4) is 0 Å². The second-order valence-corrected chi connectivity index (χ2v) is 4.83. The highest BCUT2D eigenvalue weighted by atomic mass is 19.1. The zero-order valence-corrected chi connectivity index (χ0v) is 11.4. The second kappa shape index (κ2) is 5.50. The van der Waals surface area contributed by atoms with Crippen LogP contribution in [-0.2, 0) is 0 Å². The molecule has 0 amide bonds. The average molecular weight is 238 g/mol. The number of hydrogen-bond donors (Lipinski definition) is 1. The Bertz CT molecular complexity index is 386. The number of nitrogens with two attached hydrogens (primary N) is 1. The van der Waals surface area contributed by atoms with Gasteiger partial charge in [0.05, 0.1) is 0 Å². The summed E-state index contributed by atoms with van der Waals surface area (Å²) in [7, 11) is 0. The highest BCUT2D eigenvalue weighted by molar-refractivity contribution is 5.57. The molecular weight excluding hydrogens is 215 g/mol. The van der Waals surface area contributed by atoms with Gasteiger partial charge in [0.15, 0.2) is 0 Å². The number of halogens is 1. The van der Waals surface area contributed by atoms with Gasteiger partial charge in [0.1, 0.15) is 5.82 Å². The van der Waals surface area contributed by atoms with Crippen molar-refractivity contribution in [3.63, 3.8) is 0 Å². The summed E-state index contributed by atoms with van der Waals surface area (Å²) in [6.45, 7) is 10.9. The summed E-state index contributed by atoms with van der Waals surface area (Å²) in [5.41, 5.74) is 8.53. The summed E-state index contributed by atoms with van der Waals surface area (Å²) in [6, 6.07) is 3.69. The first kappa shape index (κ1) is 14.0. The fourth-order valence-electron chi connectivity index (χ4n) is 2.11. The number of benzene rings is 1. The Morgan fingerprint density at radius 3 is 2.29 bits per heavy atom. The molecule has 0 aliphatic carbocycles. The standard InChI is InChI=1S/C14H23FN2/c1-6-17(9(2)3)14-7-10(4)13(15)8-12(14)11(5)16/h7-9,11H,6,16H2,1-5H3/t11-/m0/s1. The van der Waals surface area contributed by atoms with Crippen LogP contribution < -0.4 is 10.6 Å². The maximum absolute atomic E-state index is 13.6. The Morgan fingerprint density at radius 1 is 1.29 bits per heavy atom. The molecule has 0 aliphatic heterocycles. The third-order valence-electron chi connectivity index (χ3n) is 3.07. The molecule has 96 valence electrons. The van der Waals surface area contributed by atoms with E-state index in [0.29, 0.717) is 11.6 Å².